The lowest BCUT2D eigenvalue weighted by atomic mass is 9.85. The molecule has 0 bridgehead atoms. The van der Waals surface area contributed by atoms with Crippen LogP contribution in [0.3, 0.4) is 0 Å². The molecule has 0 saturated heterocycles. The number of hydrogen-bond acceptors (Lipinski definition) is 2. The molecule has 0 heterocycles. The highest BCUT2D eigenvalue weighted by atomic mass is 35.5. The number of hydrogen-bond donors (Lipinski definition) is 1. The standard InChI is InChI=1S/C13H18Cl2O2/c1-9(2)13(16,8-17-3)7-10-4-5-11(14)6-12(10)15/h4-6,9,16H,7-8H2,1-3H3. The van der Waals surface area contributed by atoms with Gasteiger partial charge in [-0.05, 0) is 23.6 Å². The van der Waals surface area contributed by atoms with Crippen LogP contribution in [0.4, 0.5) is 0 Å². The van der Waals surface area contributed by atoms with Crippen LogP contribution in [0.15, 0.2) is 18.2 Å². The molecule has 0 saturated carbocycles. The first-order valence-electron chi connectivity index (χ1n) is 5.54. The van der Waals surface area contributed by atoms with Crippen LogP contribution in [0.2, 0.25) is 10.0 Å². The van der Waals surface area contributed by atoms with Gasteiger partial charge in [-0.15, -0.1) is 0 Å². The maximum atomic E-state index is 10.5. The van der Waals surface area contributed by atoms with E-state index in [1.165, 1.54) is 0 Å². The SMILES string of the molecule is COCC(O)(Cc1ccc(Cl)cc1Cl)C(C)C. The van der Waals surface area contributed by atoms with Crippen molar-refractivity contribution in [3.05, 3.63) is 33.8 Å². The molecule has 1 unspecified atom stereocenters. The molecule has 1 N–H and O–H groups in total. The van der Waals surface area contributed by atoms with E-state index in [1.807, 2.05) is 19.9 Å². The van der Waals surface area contributed by atoms with Crippen molar-refractivity contribution in [1.29, 1.82) is 0 Å². The van der Waals surface area contributed by atoms with Gasteiger partial charge in [0.1, 0.15) is 0 Å². The molecular weight excluding hydrogens is 259 g/mol. The van der Waals surface area contributed by atoms with Gasteiger partial charge in [-0.25, -0.2) is 0 Å². The van der Waals surface area contributed by atoms with E-state index in [0.29, 0.717) is 16.5 Å². The van der Waals surface area contributed by atoms with Crippen molar-refractivity contribution in [3.8, 4) is 0 Å². The fourth-order valence-corrected chi connectivity index (χ4v) is 2.14. The smallest absolute Gasteiger partial charge is 0.0943 e. The molecule has 0 spiro atoms. The highest BCUT2D eigenvalue weighted by Crippen LogP contribution is 2.28. The second kappa shape index (κ2) is 6.05. The number of methoxy groups -OCH3 is 1. The maximum Gasteiger partial charge on any atom is 0.0943 e. The van der Waals surface area contributed by atoms with Crippen LogP contribution >= 0.6 is 23.2 Å². The molecule has 4 heteroatoms. The second-order valence-corrected chi connectivity index (χ2v) is 5.45. The molecule has 1 rings (SSSR count). The third-order valence-corrected chi connectivity index (χ3v) is 3.57. The normalized spacial score (nSPS) is 15.0. The second-order valence-electron chi connectivity index (χ2n) is 4.60. The van der Waals surface area contributed by atoms with Crippen molar-refractivity contribution in [2.45, 2.75) is 25.9 Å². The summed E-state index contributed by atoms with van der Waals surface area (Å²) in [5.41, 5.74) is -0.0315. The molecule has 1 atom stereocenters. The number of rotatable bonds is 5. The average molecular weight is 277 g/mol. The van der Waals surface area contributed by atoms with Crippen LogP contribution in [0.5, 0.6) is 0 Å². The molecule has 2 nitrogen and oxygen atoms in total. The summed E-state index contributed by atoms with van der Waals surface area (Å²) in [5.74, 6) is 0.0780. The third kappa shape index (κ3) is 3.85. The van der Waals surface area contributed by atoms with Crippen molar-refractivity contribution in [2.24, 2.45) is 5.92 Å². The number of aliphatic hydroxyl groups is 1. The lowest BCUT2D eigenvalue weighted by Crippen LogP contribution is -2.42. The first-order chi connectivity index (χ1) is 7.89. The molecule has 96 valence electrons. The van der Waals surface area contributed by atoms with Gasteiger partial charge in [-0.3, -0.25) is 0 Å². The zero-order valence-corrected chi connectivity index (χ0v) is 11.8. The first kappa shape index (κ1) is 14.8. The molecule has 0 aliphatic rings. The van der Waals surface area contributed by atoms with Crippen LogP contribution in [0.25, 0.3) is 0 Å². The summed E-state index contributed by atoms with van der Waals surface area (Å²) < 4.78 is 5.08. The Morgan fingerprint density at radius 3 is 2.47 bits per heavy atom. The van der Waals surface area contributed by atoms with Crippen LogP contribution in [-0.4, -0.2) is 24.4 Å². The fraction of sp³-hybridized carbons (Fsp3) is 0.538. The van der Waals surface area contributed by atoms with E-state index >= 15 is 0 Å². The molecule has 1 aromatic rings. The molecule has 0 fully saturated rings. The molecule has 0 aliphatic heterocycles. The highest BCUT2D eigenvalue weighted by molar-refractivity contribution is 6.35. The summed E-state index contributed by atoms with van der Waals surface area (Å²) in [5, 5.41) is 11.7. The Bertz CT molecular complexity index is 380. The van der Waals surface area contributed by atoms with Gasteiger partial charge in [-0.1, -0.05) is 43.1 Å². The van der Waals surface area contributed by atoms with E-state index in [0.717, 1.165) is 5.56 Å². The monoisotopic (exact) mass is 276 g/mol. The lowest BCUT2D eigenvalue weighted by molar-refractivity contribution is -0.0637. The lowest BCUT2D eigenvalue weighted by Gasteiger charge is -2.32. The molecule has 0 aliphatic carbocycles. The quantitative estimate of drug-likeness (QED) is 0.891. The zero-order chi connectivity index (χ0) is 13.1. The van der Waals surface area contributed by atoms with Crippen molar-refractivity contribution in [1.82, 2.24) is 0 Å². The highest BCUT2D eigenvalue weighted by Gasteiger charge is 2.31. The summed E-state index contributed by atoms with van der Waals surface area (Å²) in [6.45, 7) is 4.20. The predicted molar refractivity (Wildman–Crippen MR) is 71.8 cm³/mol. The zero-order valence-electron chi connectivity index (χ0n) is 10.3. The van der Waals surface area contributed by atoms with E-state index in [1.54, 1.807) is 19.2 Å². The minimum atomic E-state index is -0.910. The van der Waals surface area contributed by atoms with Gasteiger partial charge in [0.2, 0.25) is 0 Å². The maximum absolute atomic E-state index is 10.5. The van der Waals surface area contributed by atoms with Gasteiger partial charge < -0.3 is 9.84 Å². The molecule has 0 aromatic heterocycles. The van der Waals surface area contributed by atoms with Gasteiger partial charge in [0.25, 0.3) is 0 Å². The van der Waals surface area contributed by atoms with E-state index in [4.69, 9.17) is 27.9 Å². The molecule has 1 aromatic carbocycles. The Morgan fingerprint density at radius 2 is 2.00 bits per heavy atom. The van der Waals surface area contributed by atoms with Gasteiger partial charge >= 0.3 is 0 Å². The van der Waals surface area contributed by atoms with Gasteiger partial charge in [0, 0.05) is 23.6 Å². The minimum absolute atomic E-state index is 0.0780. The van der Waals surface area contributed by atoms with Crippen LogP contribution in [0, 0.1) is 5.92 Å². The van der Waals surface area contributed by atoms with Crippen molar-refractivity contribution < 1.29 is 9.84 Å². The van der Waals surface area contributed by atoms with Crippen LogP contribution in [-0.2, 0) is 11.2 Å². The summed E-state index contributed by atoms with van der Waals surface area (Å²) in [7, 11) is 1.58. The molecule has 0 radical (unpaired) electrons. The predicted octanol–water partition coefficient (Wildman–Crippen LogP) is 3.57. The summed E-state index contributed by atoms with van der Waals surface area (Å²) in [6, 6.07) is 5.30. The Kier molecular flexibility index (Phi) is 5.26. The molecule has 17 heavy (non-hydrogen) atoms. The minimum Gasteiger partial charge on any atom is -0.387 e. The van der Waals surface area contributed by atoms with Gasteiger partial charge in [0.15, 0.2) is 0 Å². The van der Waals surface area contributed by atoms with Crippen molar-refractivity contribution >= 4 is 23.2 Å². The Balaban J connectivity index is 2.93. The topological polar surface area (TPSA) is 29.5 Å². The Morgan fingerprint density at radius 1 is 1.35 bits per heavy atom. The molecule has 0 amide bonds. The number of ether oxygens (including phenoxy) is 1. The average Bonchev–Trinajstić information content (AvgIpc) is 2.22. The molecular formula is C13H18Cl2O2. The van der Waals surface area contributed by atoms with Gasteiger partial charge in [-0.2, -0.15) is 0 Å². The fourth-order valence-electron chi connectivity index (χ4n) is 1.67. The number of benzene rings is 1. The summed E-state index contributed by atoms with van der Waals surface area (Å²) in [4.78, 5) is 0. The summed E-state index contributed by atoms with van der Waals surface area (Å²) in [6.07, 6.45) is 0.453. The van der Waals surface area contributed by atoms with Crippen LogP contribution < -0.4 is 0 Å². The van der Waals surface area contributed by atoms with Gasteiger partial charge in [0.05, 0.1) is 12.2 Å². The van der Waals surface area contributed by atoms with Crippen molar-refractivity contribution in [3.63, 3.8) is 0 Å². The Labute approximate surface area is 113 Å². The van der Waals surface area contributed by atoms with Crippen LogP contribution in [0.1, 0.15) is 19.4 Å². The van der Waals surface area contributed by atoms with E-state index in [-0.39, 0.29) is 12.5 Å². The van der Waals surface area contributed by atoms with E-state index in [2.05, 4.69) is 0 Å². The van der Waals surface area contributed by atoms with Crippen molar-refractivity contribution in [2.75, 3.05) is 13.7 Å². The van der Waals surface area contributed by atoms with E-state index in [9.17, 15) is 5.11 Å². The third-order valence-electron chi connectivity index (χ3n) is 2.98. The van der Waals surface area contributed by atoms with E-state index < -0.39 is 5.60 Å². The Hall–Kier alpha value is -0.280. The summed E-state index contributed by atoms with van der Waals surface area (Å²) >= 11 is 11.9. The first-order valence-corrected chi connectivity index (χ1v) is 6.30. The number of halogens is 2. The largest absolute Gasteiger partial charge is 0.387 e.